The highest BCUT2D eigenvalue weighted by atomic mass is 32.4. The first-order chi connectivity index (χ1) is 6.57. The van der Waals surface area contributed by atoms with Gasteiger partial charge in [-0.1, -0.05) is 34.1 Å². The minimum absolute atomic E-state index is 0.866. The molecule has 0 aromatic rings. The van der Waals surface area contributed by atoms with E-state index in [0.717, 1.165) is 5.92 Å². The standard InChI is InChI=1S/C14H34S/c1-8-12-15(5,6,7,9-2)13-10-11-14(3)4/h14H,8-13H2,1-7H3. The van der Waals surface area contributed by atoms with E-state index < -0.39 is 8.29 Å². The lowest BCUT2D eigenvalue weighted by Gasteiger charge is -2.72. The number of hydrogen-bond donors (Lipinski definition) is 0. The Kier molecular flexibility index (Phi) is 4.41. The minimum Gasteiger partial charge on any atom is -0.281 e. The molecule has 0 aromatic carbocycles. The van der Waals surface area contributed by atoms with Crippen molar-refractivity contribution in [1.29, 1.82) is 0 Å². The van der Waals surface area contributed by atoms with Gasteiger partial charge < -0.3 is 0 Å². The van der Waals surface area contributed by atoms with Crippen LogP contribution in [-0.2, 0) is 0 Å². The molecule has 0 aromatic heterocycles. The molecule has 0 spiro atoms. The van der Waals surface area contributed by atoms with Gasteiger partial charge in [-0.2, -0.15) is 0 Å². The summed E-state index contributed by atoms with van der Waals surface area (Å²) in [5.74, 6) is 5.19. The predicted molar refractivity (Wildman–Crippen MR) is 80.0 cm³/mol. The van der Waals surface area contributed by atoms with Gasteiger partial charge in [0.25, 0.3) is 0 Å². The van der Waals surface area contributed by atoms with Crippen LogP contribution < -0.4 is 0 Å². The molecule has 0 rings (SSSR count). The summed E-state index contributed by atoms with van der Waals surface area (Å²) in [4.78, 5) is 0. The van der Waals surface area contributed by atoms with Gasteiger partial charge in [0.1, 0.15) is 0 Å². The average Bonchev–Trinajstić information content (AvgIpc) is 2.03. The minimum atomic E-state index is -1.70. The van der Waals surface area contributed by atoms with Crippen molar-refractivity contribution in [3.8, 4) is 0 Å². The van der Waals surface area contributed by atoms with Crippen molar-refractivity contribution in [2.24, 2.45) is 5.92 Å². The van der Waals surface area contributed by atoms with Crippen LogP contribution in [0.2, 0.25) is 0 Å². The first-order valence-corrected chi connectivity index (χ1v) is 10.7. The molecule has 0 aliphatic rings. The molecule has 0 nitrogen and oxygen atoms in total. The van der Waals surface area contributed by atoms with E-state index in [4.69, 9.17) is 0 Å². The molecule has 0 heterocycles. The molecule has 96 valence electrons. The molecule has 0 saturated carbocycles. The lowest BCUT2D eigenvalue weighted by molar-refractivity contribution is 0.577. The first-order valence-electron chi connectivity index (χ1n) is 6.57. The predicted octanol–water partition coefficient (Wildman–Crippen LogP) is 4.62. The molecule has 0 atom stereocenters. The molecular weight excluding hydrogens is 200 g/mol. The van der Waals surface area contributed by atoms with Gasteiger partial charge in [-0.25, -0.2) is 0 Å². The van der Waals surface area contributed by atoms with Gasteiger partial charge in [-0.3, -0.25) is 8.29 Å². The Labute approximate surface area is 97.5 Å². The normalized spacial score (nSPS) is 17.6. The maximum atomic E-state index is 2.61. The molecule has 0 unspecified atom stereocenters. The third-order valence-corrected chi connectivity index (χ3v) is 11.1. The lowest BCUT2D eigenvalue weighted by Crippen LogP contribution is -2.41. The second-order valence-corrected chi connectivity index (χ2v) is 17.9. The summed E-state index contributed by atoms with van der Waals surface area (Å²) < 4.78 is 0. The molecule has 0 fully saturated rings. The topological polar surface area (TPSA) is 0 Å². The van der Waals surface area contributed by atoms with E-state index in [-0.39, 0.29) is 0 Å². The summed E-state index contributed by atoms with van der Waals surface area (Å²) in [6, 6.07) is 0. The van der Waals surface area contributed by atoms with Gasteiger partial charge >= 0.3 is 0 Å². The average molecular weight is 234 g/mol. The molecule has 1 heteroatoms. The van der Waals surface area contributed by atoms with E-state index in [2.05, 4.69) is 46.5 Å². The van der Waals surface area contributed by atoms with Crippen molar-refractivity contribution >= 4 is 8.29 Å². The summed E-state index contributed by atoms with van der Waals surface area (Å²) in [5.41, 5.74) is 0. The zero-order chi connectivity index (χ0) is 12.2. The van der Waals surface area contributed by atoms with Crippen LogP contribution in [0.3, 0.4) is 0 Å². The van der Waals surface area contributed by atoms with Crippen LogP contribution in [-0.4, -0.2) is 36.0 Å². The highest BCUT2D eigenvalue weighted by molar-refractivity contribution is 8.63. The summed E-state index contributed by atoms with van der Waals surface area (Å²) in [5, 5.41) is 0. The van der Waals surface area contributed by atoms with E-state index in [1.165, 1.54) is 36.5 Å². The van der Waals surface area contributed by atoms with Gasteiger partial charge in [0.05, 0.1) is 0 Å². The van der Waals surface area contributed by atoms with Crippen LogP contribution in [0.1, 0.15) is 47.0 Å². The highest BCUT2D eigenvalue weighted by Gasteiger charge is 2.44. The third kappa shape index (κ3) is 5.29. The third-order valence-electron chi connectivity index (χ3n) is 4.21. The number of hydrogen-bond acceptors (Lipinski definition) is 0. The molecule has 0 radical (unpaired) electrons. The zero-order valence-corrected chi connectivity index (χ0v) is 13.0. The van der Waals surface area contributed by atoms with E-state index in [9.17, 15) is 0 Å². The van der Waals surface area contributed by atoms with Crippen LogP contribution in [0.5, 0.6) is 0 Å². The Morgan fingerprint density at radius 3 is 1.80 bits per heavy atom. The van der Waals surface area contributed by atoms with Gasteiger partial charge in [0.2, 0.25) is 0 Å². The van der Waals surface area contributed by atoms with Crippen LogP contribution >= 0.6 is 8.29 Å². The Balaban J connectivity index is 4.54. The van der Waals surface area contributed by atoms with E-state index >= 15 is 0 Å². The Morgan fingerprint density at radius 1 is 0.933 bits per heavy atom. The lowest BCUT2D eigenvalue weighted by atomic mass is 10.1. The highest BCUT2D eigenvalue weighted by Crippen LogP contribution is 2.81. The monoisotopic (exact) mass is 234 g/mol. The van der Waals surface area contributed by atoms with Crippen molar-refractivity contribution in [2.75, 3.05) is 36.0 Å². The molecule has 0 saturated heterocycles. The van der Waals surface area contributed by atoms with Crippen molar-refractivity contribution in [2.45, 2.75) is 47.0 Å². The summed E-state index contributed by atoms with van der Waals surface area (Å²) in [6.45, 7) is 9.43. The van der Waals surface area contributed by atoms with Gasteiger partial charge in [0.15, 0.2) is 0 Å². The molecule has 0 amide bonds. The van der Waals surface area contributed by atoms with Crippen LogP contribution in [0.25, 0.3) is 0 Å². The maximum absolute atomic E-state index is 2.61. The molecular formula is C14H34S. The molecule has 0 N–H and O–H groups in total. The smallest absolute Gasteiger partial charge is 0.0342 e. The van der Waals surface area contributed by atoms with Crippen LogP contribution in [0.15, 0.2) is 0 Å². The quantitative estimate of drug-likeness (QED) is 0.603. The van der Waals surface area contributed by atoms with Crippen molar-refractivity contribution in [3.05, 3.63) is 0 Å². The van der Waals surface area contributed by atoms with E-state index in [1.54, 1.807) is 0 Å². The largest absolute Gasteiger partial charge is 0.281 e. The SMILES string of the molecule is CCCS(C)(C)(C)(CC)CCCC(C)C. The van der Waals surface area contributed by atoms with Crippen molar-refractivity contribution < 1.29 is 0 Å². The van der Waals surface area contributed by atoms with Crippen molar-refractivity contribution in [1.82, 2.24) is 0 Å². The van der Waals surface area contributed by atoms with Gasteiger partial charge in [-0.15, -0.1) is 0 Å². The molecule has 0 aliphatic heterocycles. The van der Waals surface area contributed by atoms with Crippen LogP contribution in [0.4, 0.5) is 0 Å². The Bertz CT molecular complexity index is 204. The fraction of sp³-hybridized carbons (Fsp3) is 1.00. The second-order valence-electron chi connectivity index (χ2n) is 7.67. The summed E-state index contributed by atoms with van der Waals surface area (Å²) in [7, 11) is -1.70. The second kappa shape index (κ2) is 4.31. The molecule has 0 bridgehead atoms. The fourth-order valence-corrected chi connectivity index (χ4v) is 6.45. The van der Waals surface area contributed by atoms with Crippen molar-refractivity contribution in [3.63, 3.8) is 0 Å². The maximum Gasteiger partial charge on any atom is -0.0342 e. The summed E-state index contributed by atoms with van der Waals surface area (Å²) in [6.07, 6.45) is 12.0. The molecule has 15 heavy (non-hydrogen) atoms. The zero-order valence-electron chi connectivity index (χ0n) is 12.2. The van der Waals surface area contributed by atoms with Gasteiger partial charge in [0, 0.05) is 0 Å². The Hall–Kier alpha value is 0.350. The van der Waals surface area contributed by atoms with E-state index in [1.807, 2.05) is 0 Å². The molecule has 0 aliphatic carbocycles. The first kappa shape index (κ1) is 15.3. The fourth-order valence-electron chi connectivity index (χ4n) is 2.42. The van der Waals surface area contributed by atoms with Crippen LogP contribution in [0, 0.1) is 5.92 Å². The van der Waals surface area contributed by atoms with E-state index in [0.29, 0.717) is 0 Å². The summed E-state index contributed by atoms with van der Waals surface area (Å²) >= 11 is 0. The van der Waals surface area contributed by atoms with Gasteiger partial charge in [-0.05, 0) is 54.8 Å². The number of rotatable bonds is 7. The Morgan fingerprint density at radius 2 is 1.47 bits per heavy atom.